The molecule has 0 saturated heterocycles. The fraction of sp³-hybridized carbons (Fsp3) is 0.357. The Morgan fingerprint density at radius 1 is 0.667 bits per heavy atom. The average Bonchev–Trinajstić information content (AvgIpc) is 2.77. The van der Waals surface area contributed by atoms with E-state index in [-0.39, 0.29) is 5.41 Å². The van der Waals surface area contributed by atoms with Gasteiger partial charge in [-0.1, -0.05) is 42.5 Å². The lowest BCUT2D eigenvalue weighted by Gasteiger charge is -2.63. The van der Waals surface area contributed by atoms with Crippen LogP contribution in [0.1, 0.15) is 43.2 Å². The quantitative estimate of drug-likeness (QED) is 0.481. The summed E-state index contributed by atoms with van der Waals surface area (Å²) in [5.74, 6) is 3.43. The molecule has 0 amide bonds. The molecule has 3 aromatic carbocycles. The largest absolute Gasteiger partial charge is 0.355 e. The molecule has 0 unspecified atom stereocenters. The van der Waals surface area contributed by atoms with Crippen LogP contribution in [0.25, 0.3) is 0 Å². The van der Waals surface area contributed by atoms with E-state index in [0.717, 1.165) is 23.7 Å². The molecule has 1 spiro atoms. The van der Waals surface area contributed by atoms with Crippen molar-refractivity contribution in [2.75, 3.05) is 10.6 Å². The third kappa shape index (κ3) is 2.20. The van der Waals surface area contributed by atoms with Crippen LogP contribution >= 0.6 is 0 Å². The van der Waals surface area contributed by atoms with Crippen LogP contribution in [-0.4, -0.2) is 0 Å². The average molecular weight is 393 g/mol. The monoisotopic (exact) mass is 392 g/mol. The summed E-state index contributed by atoms with van der Waals surface area (Å²) < 4.78 is 0. The Morgan fingerprint density at radius 3 is 2.10 bits per heavy atom. The molecule has 4 saturated carbocycles. The van der Waals surface area contributed by atoms with Crippen LogP contribution in [0.3, 0.4) is 0 Å². The van der Waals surface area contributed by atoms with Crippen LogP contribution in [0.15, 0.2) is 72.8 Å². The van der Waals surface area contributed by atoms with E-state index in [1.54, 1.807) is 5.56 Å². The zero-order chi connectivity index (χ0) is 19.7. The van der Waals surface area contributed by atoms with Gasteiger partial charge >= 0.3 is 0 Å². The van der Waals surface area contributed by atoms with Crippen LogP contribution in [-0.2, 0) is 5.41 Å². The van der Waals surface area contributed by atoms with E-state index >= 15 is 0 Å². The van der Waals surface area contributed by atoms with Gasteiger partial charge in [0.15, 0.2) is 0 Å². The second-order valence-electron chi connectivity index (χ2n) is 10.1. The molecule has 2 N–H and O–H groups in total. The van der Waals surface area contributed by atoms with Crippen LogP contribution in [0, 0.1) is 23.7 Å². The van der Waals surface area contributed by atoms with Gasteiger partial charge in [-0.25, -0.2) is 0 Å². The van der Waals surface area contributed by atoms with Crippen LogP contribution in [0.5, 0.6) is 0 Å². The third-order valence-corrected chi connectivity index (χ3v) is 8.60. The van der Waals surface area contributed by atoms with Gasteiger partial charge in [-0.3, -0.25) is 0 Å². The molecule has 0 radical (unpaired) electrons. The Kier molecular flexibility index (Phi) is 3.48. The highest BCUT2D eigenvalue weighted by Crippen LogP contribution is 2.69. The highest BCUT2D eigenvalue weighted by Gasteiger charge is 2.61. The normalized spacial score (nSPS) is 32.4. The zero-order valence-corrected chi connectivity index (χ0v) is 17.3. The summed E-state index contributed by atoms with van der Waals surface area (Å²) in [4.78, 5) is 0. The minimum Gasteiger partial charge on any atom is -0.355 e. The van der Waals surface area contributed by atoms with Gasteiger partial charge in [0.25, 0.3) is 0 Å². The summed E-state index contributed by atoms with van der Waals surface area (Å²) in [5.41, 5.74) is 8.31. The first kappa shape index (κ1) is 17.0. The third-order valence-electron chi connectivity index (χ3n) is 8.60. The summed E-state index contributed by atoms with van der Waals surface area (Å²) in [5, 5.41) is 7.62. The van der Waals surface area contributed by atoms with Crippen molar-refractivity contribution in [1.82, 2.24) is 0 Å². The maximum absolute atomic E-state index is 3.81. The highest BCUT2D eigenvalue weighted by molar-refractivity contribution is 5.84. The van der Waals surface area contributed by atoms with Gasteiger partial charge in [0.1, 0.15) is 0 Å². The molecule has 3 aromatic rings. The van der Waals surface area contributed by atoms with Crippen LogP contribution in [0.2, 0.25) is 0 Å². The fourth-order valence-electron chi connectivity index (χ4n) is 7.89. The summed E-state index contributed by atoms with van der Waals surface area (Å²) in [6, 6.07) is 26.6. The SMILES string of the molecule is c1ccc(Nc2cccc3c2C2(c4ccccc4N3)C3CC4CC(C3)CC2C4)cc1. The number of rotatable bonds is 2. The second-order valence-corrected chi connectivity index (χ2v) is 10.1. The van der Waals surface area contributed by atoms with E-state index in [0.29, 0.717) is 0 Å². The molecule has 0 aromatic heterocycles. The Bertz CT molecular complexity index is 1090. The van der Waals surface area contributed by atoms with E-state index < -0.39 is 0 Å². The van der Waals surface area contributed by atoms with Crippen molar-refractivity contribution < 1.29 is 0 Å². The van der Waals surface area contributed by atoms with E-state index in [9.17, 15) is 0 Å². The van der Waals surface area contributed by atoms with Crippen molar-refractivity contribution in [2.24, 2.45) is 23.7 Å². The van der Waals surface area contributed by atoms with Crippen LogP contribution < -0.4 is 10.6 Å². The van der Waals surface area contributed by atoms with Gasteiger partial charge in [-0.15, -0.1) is 0 Å². The first-order valence-corrected chi connectivity index (χ1v) is 11.6. The number of fused-ring (bicyclic) bond motifs is 2. The van der Waals surface area contributed by atoms with Gasteiger partial charge in [-0.05, 0) is 91.7 Å². The van der Waals surface area contributed by atoms with E-state index in [1.165, 1.54) is 60.4 Å². The molecule has 1 aliphatic heterocycles. The number of hydrogen-bond donors (Lipinski definition) is 2. The molecule has 1 heterocycles. The number of nitrogens with one attached hydrogen (secondary N) is 2. The van der Waals surface area contributed by atoms with Crippen molar-refractivity contribution >= 4 is 22.7 Å². The molecule has 4 fully saturated rings. The molecule has 0 atom stereocenters. The predicted molar refractivity (Wildman–Crippen MR) is 124 cm³/mol. The van der Waals surface area contributed by atoms with Gasteiger partial charge in [0.2, 0.25) is 0 Å². The second kappa shape index (κ2) is 6.14. The molecular formula is C28H28N2. The molecule has 2 nitrogen and oxygen atoms in total. The van der Waals surface area contributed by atoms with Crippen molar-refractivity contribution in [3.63, 3.8) is 0 Å². The zero-order valence-electron chi connectivity index (χ0n) is 17.3. The Morgan fingerprint density at radius 2 is 1.33 bits per heavy atom. The lowest BCUT2D eigenvalue weighted by molar-refractivity contribution is -0.0414. The molecule has 150 valence electrons. The fourth-order valence-corrected chi connectivity index (χ4v) is 7.89. The molecule has 5 aliphatic rings. The van der Waals surface area contributed by atoms with E-state index in [2.05, 4.69) is 83.4 Å². The lowest BCUT2D eigenvalue weighted by Crippen LogP contribution is -2.57. The number of para-hydroxylation sites is 2. The first-order valence-electron chi connectivity index (χ1n) is 11.6. The summed E-state index contributed by atoms with van der Waals surface area (Å²) in [6.07, 6.45) is 7.10. The predicted octanol–water partition coefficient (Wildman–Crippen LogP) is 7.23. The Labute approximate surface area is 178 Å². The maximum atomic E-state index is 3.81. The summed E-state index contributed by atoms with van der Waals surface area (Å²) in [7, 11) is 0. The highest BCUT2D eigenvalue weighted by atomic mass is 15.0. The van der Waals surface area contributed by atoms with Crippen molar-refractivity contribution in [1.29, 1.82) is 0 Å². The molecule has 30 heavy (non-hydrogen) atoms. The summed E-state index contributed by atoms with van der Waals surface area (Å²) >= 11 is 0. The van der Waals surface area contributed by atoms with E-state index in [1.807, 2.05) is 0 Å². The number of anilines is 4. The molecular weight excluding hydrogens is 364 g/mol. The first-order chi connectivity index (χ1) is 14.8. The minimum atomic E-state index is 0.142. The summed E-state index contributed by atoms with van der Waals surface area (Å²) in [6.45, 7) is 0. The topological polar surface area (TPSA) is 24.1 Å². The van der Waals surface area contributed by atoms with E-state index in [4.69, 9.17) is 0 Å². The molecule has 4 aliphatic carbocycles. The van der Waals surface area contributed by atoms with Gasteiger partial charge in [-0.2, -0.15) is 0 Å². The maximum Gasteiger partial charge on any atom is 0.0447 e. The lowest BCUT2D eigenvalue weighted by atomic mass is 9.41. The molecule has 2 heteroatoms. The molecule has 8 rings (SSSR count). The van der Waals surface area contributed by atoms with Crippen molar-refractivity contribution in [3.8, 4) is 0 Å². The van der Waals surface area contributed by atoms with Gasteiger partial charge < -0.3 is 10.6 Å². The smallest absolute Gasteiger partial charge is 0.0447 e. The Hall–Kier alpha value is -2.74. The van der Waals surface area contributed by atoms with Gasteiger partial charge in [0.05, 0.1) is 0 Å². The standard InChI is InChI=1S/C28H28N2/c1-2-7-22(8-3-1)29-25-11-6-12-26-27(25)28(23-9-4-5-10-24(23)30-26)20-14-18-13-19(16-20)17-21(28)15-18/h1-12,18-21,29-30H,13-17H2. The number of hydrogen-bond acceptors (Lipinski definition) is 2. The van der Waals surface area contributed by atoms with Crippen LogP contribution in [0.4, 0.5) is 22.7 Å². The van der Waals surface area contributed by atoms with Crippen molar-refractivity contribution in [2.45, 2.75) is 37.5 Å². The number of benzene rings is 3. The van der Waals surface area contributed by atoms with Crippen molar-refractivity contribution in [3.05, 3.63) is 83.9 Å². The minimum absolute atomic E-state index is 0.142. The molecule has 4 bridgehead atoms. The van der Waals surface area contributed by atoms with Gasteiger partial charge in [0, 0.05) is 33.7 Å². The Balaban J connectivity index is 1.48.